The molecular weight excluding hydrogens is 254 g/mol. The lowest BCUT2D eigenvalue weighted by Crippen LogP contribution is -2.27. The van der Waals surface area contributed by atoms with E-state index in [0.29, 0.717) is 17.3 Å². The SMILES string of the molecule is COc1ccc(CCl)c(NC(=O)OC(C)(C)C)c1. The zero-order valence-corrected chi connectivity index (χ0v) is 11.8. The molecule has 0 bridgehead atoms. The van der Waals surface area contributed by atoms with Gasteiger partial charge in [-0.05, 0) is 32.4 Å². The van der Waals surface area contributed by atoms with E-state index in [1.807, 2.05) is 0 Å². The molecule has 0 aliphatic carbocycles. The molecule has 0 atom stereocenters. The molecule has 4 nitrogen and oxygen atoms in total. The summed E-state index contributed by atoms with van der Waals surface area (Å²) in [5.74, 6) is 0.949. The van der Waals surface area contributed by atoms with Gasteiger partial charge in [-0.2, -0.15) is 0 Å². The highest BCUT2D eigenvalue weighted by molar-refractivity contribution is 6.17. The van der Waals surface area contributed by atoms with Crippen LogP contribution in [0.1, 0.15) is 26.3 Å². The Morgan fingerprint density at radius 2 is 2.06 bits per heavy atom. The van der Waals surface area contributed by atoms with Gasteiger partial charge >= 0.3 is 6.09 Å². The topological polar surface area (TPSA) is 47.6 Å². The predicted molar refractivity (Wildman–Crippen MR) is 72.4 cm³/mol. The van der Waals surface area contributed by atoms with Gasteiger partial charge in [-0.15, -0.1) is 11.6 Å². The fourth-order valence-electron chi connectivity index (χ4n) is 1.33. The van der Waals surface area contributed by atoms with Gasteiger partial charge in [0.1, 0.15) is 11.4 Å². The van der Waals surface area contributed by atoms with Crippen LogP contribution < -0.4 is 10.1 Å². The van der Waals surface area contributed by atoms with Gasteiger partial charge in [0.25, 0.3) is 0 Å². The van der Waals surface area contributed by atoms with Crippen LogP contribution in [0.15, 0.2) is 18.2 Å². The third-order valence-electron chi connectivity index (χ3n) is 2.10. The van der Waals surface area contributed by atoms with E-state index in [-0.39, 0.29) is 0 Å². The van der Waals surface area contributed by atoms with Crippen LogP contribution in [0.2, 0.25) is 0 Å². The maximum atomic E-state index is 11.7. The van der Waals surface area contributed by atoms with Crippen molar-refractivity contribution in [2.24, 2.45) is 0 Å². The van der Waals surface area contributed by atoms with Crippen molar-refractivity contribution in [2.45, 2.75) is 32.3 Å². The first-order valence-electron chi connectivity index (χ1n) is 5.58. The summed E-state index contributed by atoms with van der Waals surface area (Å²) in [6.07, 6.45) is -0.512. The Kier molecular flexibility index (Phi) is 4.84. The number of alkyl halides is 1. The number of carbonyl (C=O) groups is 1. The summed E-state index contributed by atoms with van der Waals surface area (Å²) in [6.45, 7) is 5.42. The summed E-state index contributed by atoms with van der Waals surface area (Å²) < 4.78 is 10.3. The second-order valence-electron chi connectivity index (χ2n) is 4.78. The number of methoxy groups -OCH3 is 1. The number of amides is 1. The van der Waals surface area contributed by atoms with Gasteiger partial charge in [0.05, 0.1) is 12.8 Å². The van der Waals surface area contributed by atoms with Gasteiger partial charge < -0.3 is 9.47 Å². The van der Waals surface area contributed by atoms with E-state index in [1.165, 1.54) is 0 Å². The van der Waals surface area contributed by atoms with Crippen molar-refractivity contribution in [2.75, 3.05) is 12.4 Å². The first-order chi connectivity index (χ1) is 8.35. The van der Waals surface area contributed by atoms with Crippen molar-refractivity contribution in [3.63, 3.8) is 0 Å². The fourth-order valence-corrected chi connectivity index (χ4v) is 1.56. The lowest BCUT2D eigenvalue weighted by molar-refractivity contribution is 0.0636. The molecule has 5 heteroatoms. The summed E-state index contributed by atoms with van der Waals surface area (Å²) in [5, 5.41) is 2.67. The average molecular weight is 272 g/mol. The molecule has 0 unspecified atom stereocenters. The molecule has 0 heterocycles. The Morgan fingerprint density at radius 1 is 1.39 bits per heavy atom. The molecule has 0 radical (unpaired) electrons. The molecule has 0 saturated carbocycles. The lowest BCUT2D eigenvalue weighted by atomic mass is 10.2. The summed E-state index contributed by atoms with van der Waals surface area (Å²) >= 11 is 5.81. The number of ether oxygens (including phenoxy) is 2. The molecule has 0 aliphatic heterocycles. The highest BCUT2D eigenvalue weighted by Crippen LogP contribution is 2.24. The normalized spacial score (nSPS) is 10.9. The number of carbonyl (C=O) groups excluding carboxylic acids is 1. The smallest absolute Gasteiger partial charge is 0.412 e. The van der Waals surface area contributed by atoms with Crippen molar-refractivity contribution >= 4 is 23.4 Å². The Morgan fingerprint density at radius 3 is 2.56 bits per heavy atom. The number of nitrogens with one attached hydrogen (secondary N) is 1. The van der Waals surface area contributed by atoms with E-state index in [4.69, 9.17) is 21.1 Å². The second kappa shape index (κ2) is 5.96. The number of anilines is 1. The molecule has 1 rings (SSSR count). The van der Waals surface area contributed by atoms with Gasteiger partial charge in [0, 0.05) is 11.9 Å². The van der Waals surface area contributed by atoms with Crippen LogP contribution in [0.5, 0.6) is 5.75 Å². The van der Waals surface area contributed by atoms with E-state index < -0.39 is 11.7 Å². The van der Waals surface area contributed by atoms with Crippen molar-refractivity contribution in [3.05, 3.63) is 23.8 Å². The van der Waals surface area contributed by atoms with E-state index in [0.717, 1.165) is 5.56 Å². The summed E-state index contributed by atoms with van der Waals surface area (Å²) in [7, 11) is 1.56. The number of halogens is 1. The summed E-state index contributed by atoms with van der Waals surface area (Å²) in [6, 6.07) is 5.30. The molecule has 1 amide bonds. The van der Waals surface area contributed by atoms with Gasteiger partial charge in [0.15, 0.2) is 0 Å². The van der Waals surface area contributed by atoms with Crippen molar-refractivity contribution < 1.29 is 14.3 Å². The molecule has 0 saturated heterocycles. The Balaban J connectivity index is 2.85. The fraction of sp³-hybridized carbons (Fsp3) is 0.462. The molecule has 100 valence electrons. The highest BCUT2D eigenvalue weighted by atomic mass is 35.5. The molecule has 0 fully saturated rings. The zero-order chi connectivity index (χ0) is 13.8. The van der Waals surface area contributed by atoms with Gasteiger partial charge in [-0.3, -0.25) is 5.32 Å². The molecule has 1 N–H and O–H groups in total. The van der Waals surface area contributed by atoms with Crippen LogP contribution in [0.3, 0.4) is 0 Å². The predicted octanol–water partition coefficient (Wildman–Crippen LogP) is 3.78. The molecule has 0 aromatic heterocycles. The van der Waals surface area contributed by atoms with E-state index in [9.17, 15) is 4.79 Å². The second-order valence-corrected chi connectivity index (χ2v) is 5.05. The van der Waals surface area contributed by atoms with Crippen LogP contribution >= 0.6 is 11.6 Å². The molecule has 0 spiro atoms. The minimum absolute atomic E-state index is 0.301. The summed E-state index contributed by atoms with van der Waals surface area (Å²) in [5.41, 5.74) is 0.867. The van der Waals surface area contributed by atoms with Crippen molar-refractivity contribution in [3.8, 4) is 5.75 Å². The van der Waals surface area contributed by atoms with Crippen LogP contribution in [0.4, 0.5) is 10.5 Å². The van der Waals surface area contributed by atoms with Gasteiger partial charge in [-0.1, -0.05) is 6.07 Å². The molecule has 18 heavy (non-hydrogen) atoms. The minimum atomic E-state index is -0.538. The largest absolute Gasteiger partial charge is 0.497 e. The number of hydrogen-bond acceptors (Lipinski definition) is 3. The van der Waals surface area contributed by atoms with E-state index in [1.54, 1.807) is 46.1 Å². The van der Waals surface area contributed by atoms with Crippen LogP contribution in [-0.4, -0.2) is 18.8 Å². The first kappa shape index (κ1) is 14.6. The Bertz CT molecular complexity index is 427. The van der Waals surface area contributed by atoms with Gasteiger partial charge in [-0.25, -0.2) is 4.79 Å². The summed E-state index contributed by atoms with van der Waals surface area (Å²) in [4.78, 5) is 11.7. The maximum absolute atomic E-state index is 11.7. The zero-order valence-electron chi connectivity index (χ0n) is 11.0. The van der Waals surface area contributed by atoms with Crippen LogP contribution in [0.25, 0.3) is 0 Å². The molecule has 0 aliphatic rings. The standard InChI is InChI=1S/C13H18ClNO3/c1-13(2,3)18-12(16)15-11-7-10(17-4)6-5-9(11)8-14/h5-7H,8H2,1-4H3,(H,15,16). The highest BCUT2D eigenvalue weighted by Gasteiger charge is 2.17. The number of rotatable bonds is 3. The van der Waals surface area contributed by atoms with Gasteiger partial charge in [0.2, 0.25) is 0 Å². The monoisotopic (exact) mass is 271 g/mol. The average Bonchev–Trinajstić information content (AvgIpc) is 2.26. The third-order valence-corrected chi connectivity index (χ3v) is 2.38. The Hall–Kier alpha value is -1.42. The van der Waals surface area contributed by atoms with E-state index in [2.05, 4.69) is 5.32 Å². The Labute approximate surface area is 112 Å². The number of hydrogen-bond donors (Lipinski definition) is 1. The number of benzene rings is 1. The van der Waals surface area contributed by atoms with Crippen LogP contribution in [-0.2, 0) is 10.6 Å². The molecule has 1 aromatic rings. The quantitative estimate of drug-likeness (QED) is 0.851. The maximum Gasteiger partial charge on any atom is 0.412 e. The molecular formula is C13H18ClNO3. The lowest BCUT2D eigenvalue weighted by Gasteiger charge is -2.20. The van der Waals surface area contributed by atoms with Crippen LogP contribution in [0, 0.1) is 0 Å². The van der Waals surface area contributed by atoms with E-state index >= 15 is 0 Å². The first-order valence-corrected chi connectivity index (χ1v) is 6.12. The van der Waals surface area contributed by atoms with Crippen molar-refractivity contribution in [1.29, 1.82) is 0 Å². The van der Waals surface area contributed by atoms with Crippen molar-refractivity contribution in [1.82, 2.24) is 0 Å². The third kappa shape index (κ3) is 4.45. The minimum Gasteiger partial charge on any atom is -0.497 e. The molecule has 1 aromatic carbocycles.